The highest BCUT2D eigenvalue weighted by Crippen LogP contribution is 2.25. The highest BCUT2D eigenvalue weighted by atomic mass is 79.9. The van der Waals surface area contributed by atoms with E-state index in [1.165, 1.54) is 19.4 Å². The Bertz CT molecular complexity index is 479. The standard InChI is InChI=1S/C14H19BrN2O2/c1-16-7-3-4-11(16)9-17(2)10-5-6-12(14(18)19)13(15)8-10/h5-6,8,11H,3-4,7,9H2,1-2H3,(H,18,19). The van der Waals surface area contributed by atoms with Crippen molar-refractivity contribution in [3.8, 4) is 0 Å². The Morgan fingerprint density at radius 1 is 1.58 bits per heavy atom. The molecule has 1 aromatic carbocycles. The van der Waals surface area contributed by atoms with Crippen molar-refractivity contribution in [2.24, 2.45) is 0 Å². The third kappa shape index (κ3) is 3.28. The van der Waals surface area contributed by atoms with Gasteiger partial charge in [-0.1, -0.05) is 0 Å². The Labute approximate surface area is 122 Å². The van der Waals surface area contributed by atoms with Crippen LogP contribution in [0.15, 0.2) is 22.7 Å². The first-order valence-corrected chi connectivity index (χ1v) is 7.22. The van der Waals surface area contributed by atoms with Crippen LogP contribution in [0.5, 0.6) is 0 Å². The molecule has 1 atom stereocenters. The van der Waals surface area contributed by atoms with Crippen LogP contribution in [0.4, 0.5) is 5.69 Å². The van der Waals surface area contributed by atoms with Crippen molar-refractivity contribution in [1.82, 2.24) is 4.90 Å². The zero-order chi connectivity index (χ0) is 14.0. The van der Waals surface area contributed by atoms with Crippen LogP contribution in [-0.4, -0.2) is 49.2 Å². The van der Waals surface area contributed by atoms with Crippen molar-refractivity contribution < 1.29 is 9.90 Å². The van der Waals surface area contributed by atoms with E-state index >= 15 is 0 Å². The fourth-order valence-corrected chi connectivity index (χ4v) is 3.08. The number of anilines is 1. The molecular formula is C14H19BrN2O2. The third-order valence-corrected chi connectivity index (χ3v) is 4.44. The van der Waals surface area contributed by atoms with E-state index in [0.29, 0.717) is 16.1 Å². The highest BCUT2D eigenvalue weighted by molar-refractivity contribution is 9.10. The molecule has 0 saturated carbocycles. The van der Waals surface area contributed by atoms with E-state index in [4.69, 9.17) is 5.11 Å². The van der Waals surface area contributed by atoms with Gasteiger partial charge in [0.15, 0.2) is 0 Å². The number of benzene rings is 1. The second-order valence-electron chi connectivity index (χ2n) is 5.13. The van der Waals surface area contributed by atoms with E-state index in [0.717, 1.165) is 12.2 Å². The number of halogens is 1. The summed E-state index contributed by atoms with van der Waals surface area (Å²) in [6, 6.07) is 5.97. The molecule has 0 spiro atoms. The molecule has 0 bridgehead atoms. The molecule has 2 rings (SSSR count). The van der Waals surface area contributed by atoms with E-state index < -0.39 is 5.97 Å². The summed E-state index contributed by atoms with van der Waals surface area (Å²) in [6.45, 7) is 2.13. The summed E-state index contributed by atoms with van der Waals surface area (Å²) in [5.41, 5.74) is 1.34. The lowest BCUT2D eigenvalue weighted by molar-refractivity contribution is 0.0696. The molecule has 0 amide bonds. The van der Waals surface area contributed by atoms with Crippen molar-refractivity contribution in [1.29, 1.82) is 0 Å². The van der Waals surface area contributed by atoms with Crippen LogP contribution in [0.2, 0.25) is 0 Å². The van der Waals surface area contributed by atoms with Crippen LogP contribution in [0, 0.1) is 0 Å². The minimum Gasteiger partial charge on any atom is -0.478 e. The van der Waals surface area contributed by atoms with Gasteiger partial charge in [0.25, 0.3) is 0 Å². The van der Waals surface area contributed by atoms with Gasteiger partial charge in [-0.2, -0.15) is 0 Å². The number of rotatable bonds is 4. The number of carboxylic acids is 1. The summed E-state index contributed by atoms with van der Waals surface area (Å²) in [5, 5.41) is 9.01. The molecule has 1 fully saturated rings. The molecule has 0 aliphatic carbocycles. The zero-order valence-corrected chi connectivity index (χ0v) is 12.9. The molecule has 1 aromatic rings. The Morgan fingerprint density at radius 3 is 2.84 bits per heavy atom. The first-order valence-electron chi connectivity index (χ1n) is 6.43. The summed E-state index contributed by atoms with van der Waals surface area (Å²) in [6.07, 6.45) is 2.49. The van der Waals surface area contributed by atoms with Crippen molar-refractivity contribution in [2.45, 2.75) is 18.9 Å². The number of carboxylic acid groups (broad SMARTS) is 1. The number of hydrogen-bond donors (Lipinski definition) is 1. The van der Waals surface area contributed by atoms with E-state index in [9.17, 15) is 4.79 Å². The second kappa shape index (κ2) is 5.92. The molecular weight excluding hydrogens is 308 g/mol. The summed E-state index contributed by atoms with van der Waals surface area (Å²) in [5.74, 6) is -0.906. The average molecular weight is 327 g/mol. The van der Waals surface area contributed by atoms with Gasteiger partial charge in [0.2, 0.25) is 0 Å². The van der Waals surface area contributed by atoms with Crippen LogP contribution in [0.3, 0.4) is 0 Å². The maximum absolute atomic E-state index is 11.0. The number of nitrogens with zero attached hydrogens (tertiary/aromatic N) is 2. The number of hydrogen-bond acceptors (Lipinski definition) is 3. The lowest BCUT2D eigenvalue weighted by atomic mass is 10.1. The van der Waals surface area contributed by atoms with E-state index in [1.54, 1.807) is 6.07 Å². The molecule has 0 aromatic heterocycles. The Balaban J connectivity index is 2.09. The van der Waals surface area contributed by atoms with E-state index in [1.807, 2.05) is 19.2 Å². The molecule has 4 nitrogen and oxygen atoms in total. The van der Waals surface area contributed by atoms with Gasteiger partial charge in [0.1, 0.15) is 0 Å². The fraction of sp³-hybridized carbons (Fsp3) is 0.500. The van der Waals surface area contributed by atoms with Crippen LogP contribution >= 0.6 is 15.9 Å². The zero-order valence-electron chi connectivity index (χ0n) is 11.3. The van der Waals surface area contributed by atoms with Crippen molar-refractivity contribution in [2.75, 3.05) is 32.1 Å². The predicted molar refractivity (Wildman–Crippen MR) is 80.0 cm³/mol. The largest absolute Gasteiger partial charge is 0.478 e. The topological polar surface area (TPSA) is 43.8 Å². The van der Waals surface area contributed by atoms with Gasteiger partial charge in [0.05, 0.1) is 5.56 Å². The molecule has 1 heterocycles. The minimum absolute atomic E-state index is 0.301. The summed E-state index contributed by atoms with van der Waals surface area (Å²) < 4.78 is 0.629. The molecule has 1 saturated heterocycles. The van der Waals surface area contributed by atoms with Gasteiger partial charge >= 0.3 is 5.97 Å². The number of carbonyl (C=O) groups is 1. The van der Waals surface area contributed by atoms with Crippen LogP contribution in [0.25, 0.3) is 0 Å². The average Bonchev–Trinajstić information content (AvgIpc) is 2.74. The van der Waals surface area contributed by atoms with Gasteiger partial charge in [-0.05, 0) is 60.6 Å². The highest BCUT2D eigenvalue weighted by Gasteiger charge is 2.22. The predicted octanol–water partition coefficient (Wildman–Crippen LogP) is 2.68. The van der Waals surface area contributed by atoms with Crippen LogP contribution < -0.4 is 4.90 Å². The first kappa shape index (κ1) is 14.3. The third-order valence-electron chi connectivity index (χ3n) is 3.78. The quantitative estimate of drug-likeness (QED) is 0.923. The summed E-state index contributed by atoms with van der Waals surface area (Å²) in [7, 11) is 4.21. The molecule has 19 heavy (non-hydrogen) atoms. The minimum atomic E-state index is -0.906. The molecule has 1 N–H and O–H groups in total. The monoisotopic (exact) mass is 326 g/mol. The van der Waals surface area contributed by atoms with Crippen molar-refractivity contribution >= 4 is 27.6 Å². The van der Waals surface area contributed by atoms with Gasteiger partial charge in [0, 0.05) is 29.8 Å². The van der Waals surface area contributed by atoms with Gasteiger partial charge < -0.3 is 14.9 Å². The number of likely N-dealkylation sites (tertiary alicyclic amines) is 1. The van der Waals surface area contributed by atoms with Crippen molar-refractivity contribution in [3.05, 3.63) is 28.2 Å². The molecule has 0 radical (unpaired) electrons. The maximum Gasteiger partial charge on any atom is 0.336 e. The van der Waals surface area contributed by atoms with E-state index in [2.05, 4.69) is 32.8 Å². The molecule has 1 unspecified atom stereocenters. The van der Waals surface area contributed by atoms with Crippen molar-refractivity contribution in [3.63, 3.8) is 0 Å². The van der Waals surface area contributed by atoms with Gasteiger partial charge in [-0.15, -0.1) is 0 Å². The summed E-state index contributed by atoms with van der Waals surface area (Å²) >= 11 is 3.32. The van der Waals surface area contributed by atoms with Gasteiger partial charge in [-0.3, -0.25) is 0 Å². The van der Waals surface area contributed by atoms with Crippen LogP contribution in [-0.2, 0) is 0 Å². The van der Waals surface area contributed by atoms with Gasteiger partial charge in [-0.25, -0.2) is 4.79 Å². The first-order chi connectivity index (χ1) is 8.99. The Morgan fingerprint density at radius 2 is 2.32 bits per heavy atom. The second-order valence-corrected chi connectivity index (χ2v) is 5.98. The normalized spacial score (nSPS) is 19.6. The molecule has 104 valence electrons. The number of aromatic carboxylic acids is 1. The Hall–Kier alpha value is -1.07. The molecule has 5 heteroatoms. The fourth-order valence-electron chi connectivity index (χ4n) is 2.55. The lowest BCUT2D eigenvalue weighted by Gasteiger charge is -2.27. The summed E-state index contributed by atoms with van der Waals surface area (Å²) in [4.78, 5) is 15.5. The SMILES string of the molecule is CN(CC1CCCN1C)c1ccc(C(=O)O)c(Br)c1. The van der Waals surface area contributed by atoms with E-state index in [-0.39, 0.29) is 0 Å². The Kier molecular flexibility index (Phi) is 4.47. The smallest absolute Gasteiger partial charge is 0.336 e. The molecule has 1 aliphatic heterocycles. The number of likely N-dealkylation sites (N-methyl/N-ethyl adjacent to an activating group) is 2. The van der Waals surface area contributed by atoms with Crippen LogP contribution in [0.1, 0.15) is 23.2 Å². The lowest BCUT2D eigenvalue weighted by Crippen LogP contribution is -2.36. The maximum atomic E-state index is 11.0. The molecule has 1 aliphatic rings.